The SMILES string of the molecule is C[C@@H](NC(=O)C1(C2CCCCC2)C[C@]2(C3CCCCC3)C[C@](C3CCCCC3)(C1)C(=O)NC2=O)C1CCCCC1. The highest BCUT2D eigenvalue weighted by molar-refractivity contribution is 6.05. The van der Waals surface area contributed by atoms with Gasteiger partial charge in [0.1, 0.15) is 0 Å². The summed E-state index contributed by atoms with van der Waals surface area (Å²) in [4.78, 5) is 43.5. The molecule has 1 aliphatic heterocycles. The van der Waals surface area contributed by atoms with Crippen LogP contribution in [0.5, 0.6) is 0 Å². The molecule has 40 heavy (non-hydrogen) atoms. The molecule has 1 saturated heterocycles. The van der Waals surface area contributed by atoms with Gasteiger partial charge in [0.25, 0.3) is 0 Å². The van der Waals surface area contributed by atoms with Gasteiger partial charge in [-0.25, -0.2) is 0 Å². The zero-order valence-corrected chi connectivity index (χ0v) is 25.4. The van der Waals surface area contributed by atoms with Crippen molar-refractivity contribution in [2.75, 3.05) is 0 Å². The van der Waals surface area contributed by atoms with Crippen molar-refractivity contribution in [2.45, 2.75) is 161 Å². The molecule has 5 nitrogen and oxygen atoms in total. The first-order chi connectivity index (χ1) is 19.4. The van der Waals surface area contributed by atoms with Crippen LogP contribution in [0.2, 0.25) is 0 Å². The lowest BCUT2D eigenvalue weighted by Crippen LogP contribution is -2.70. The number of carbonyl (C=O) groups is 3. The third-order valence-corrected chi connectivity index (χ3v) is 13.4. The molecule has 4 atom stereocenters. The van der Waals surface area contributed by atoms with Gasteiger partial charge in [0.15, 0.2) is 0 Å². The van der Waals surface area contributed by atoms with Crippen LogP contribution in [0.15, 0.2) is 0 Å². The highest BCUT2D eigenvalue weighted by Gasteiger charge is 2.70. The zero-order valence-electron chi connectivity index (χ0n) is 25.4. The molecule has 5 saturated carbocycles. The predicted octanol–water partition coefficient (Wildman–Crippen LogP) is 7.61. The van der Waals surface area contributed by atoms with Crippen LogP contribution in [0.1, 0.15) is 155 Å². The van der Waals surface area contributed by atoms with E-state index in [2.05, 4.69) is 17.6 Å². The number of carbonyl (C=O) groups excluding carboxylic acids is 3. The maximum Gasteiger partial charge on any atom is 0.233 e. The third kappa shape index (κ3) is 4.97. The molecule has 0 aromatic rings. The number of nitrogens with one attached hydrogen (secondary N) is 2. The molecule has 3 amide bonds. The molecule has 6 aliphatic rings. The summed E-state index contributed by atoms with van der Waals surface area (Å²) in [5, 5.41) is 6.65. The fraction of sp³-hybridized carbons (Fsp3) is 0.914. The second kappa shape index (κ2) is 11.7. The van der Waals surface area contributed by atoms with Crippen molar-refractivity contribution < 1.29 is 14.4 Å². The van der Waals surface area contributed by atoms with Gasteiger partial charge in [-0.15, -0.1) is 0 Å². The van der Waals surface area contributed by atoms with Gasteiger partial charge in [-0.3, -0.25) is 19.7 Å². The predicted molar refractivity (Wildman–Crippen MR) is 158 cm³/mol. The number of fused-ring (bicyclic) bond motifs is 2. The van der Waals surface area contributed by atoms with Crippen molar-refractivity contribution >= 4 is 17.7 Å². The average Bonchev–Trinajstić information content (AvgIpc) is 3.01. The molecule has 0 spiro atoms. The number of hydrogen-bond acceptors (Lipinski definition) is 3. The summed E-state index contributed by atoms with van der Waals surface area (Å²) in [7, 11) is 0. The Labute approximate surface area is 243 Å². The van der Waals surface area contributed by atoms with Crippen LogP contribution >= 0.6 is 0 Å². The summed E-state index contributed by atoms with van der Waals surface area (Å²) < 4.78 is 0. The van der Waals surface area contributed by atoms with Crippen LogP contribution < -0.4 is 10.6 Å². The first kappa shape index (κ1) is 28.7. The molecular formula is C35H56N2O3. The van der Waals surface area contributed by atoms with Crippen LogP contribution in [-0.2, 0) is 14.4 Å². The number of imide groups is 1. The molecule has 0 aromatic carbocycles. The van der Waals surface area contributed by atoms with E-state index in [-0.39, 0.29) is 29.7 Å². The Morgan fingerprint density at radius 2 is 1.02 bits per heavy atom. The van der Waals surface area contributed by atoms with Crippen molar-refractivity contribution in [3.05, 3.63) is 0 Å². The Balaban J connectivity index is 1.44. The van der Waals surface area contributed by atoms with Crippen molar-refractivity contribution in [1.29, 1.82) is 0 Å². The van der Waals surface area contributed by atoms with Gasteiger partial charge in [-0.1, -0.05) is 77.0 Å². The Hall–Kier alpha value is -1.39. The van der Waals surface area contributed by atoms with Crippen molar-refractivity contribution in [1.82, 2.24) is 10.6 Å². The van der Waals surface area contributed by atoms with Gasteiger partial charge in [-0.05, 0) is 101 Å². The Kier molecular flexibility index (Phi) is 8.41. The fourth-order valence-electron chi connectivity index (χ4n) is 11.2. The normalized spacial score (nSPS) is 38.0. The van der Waals surface area contributed by atoms with E-state index in [0.29, 0.717) is 37.0 Å². The number of rotatable bonds is 6. The second-order valence-electron chi connectivity index (χ2n) is 15.4. The Bertz CT molecular complexity index is 894. The quantitative estimate of drug-likeness (QED) is 0.333. The maximum atomic E-state index is 15.0. The molecule has 1 heterocycles. The molecule has 0 radical (unpaired) electrons. The van der Waals surface area contributed by atoms with Crippen LogP contribution in [0, 0.1) is 39.9 Å². The summed E-state index contributed by atoms with van der Waals surface area (Å²) in [5.41, 5.74) is -1.76. The van der Waals surface area contributed by atoms with E-state index < -0.39 is 16.2 Å². The summed E-state index contributed by atoms with van der Waals surface area (Å²) in [5.74, 6) is 1.58. The molecule has 224 valence electrons. The summed E-state index contributed by atoms with van der Waals surface area (Å²) in [6.45, 7) is 2.23. The molecule has 5 heteroatoms. The molecule has 0 aromatic heterocycles. The highest BCUT2D eigenvalue weighted by Crippen LogP contribution is 2.68. The lowest BCUT2D eigenvalue weighted by atomic mass is 9.40. The molecule has 2 N–H and O–H groups in total. The van der Waals surface area contributed by atoms with E-state index in [0.717, 1.165) is 38.5 Å². The number of amides is 3. The first-order valence-corrected chi connectivity index (χ1v) is 17.6. The average molecular weight is 553 g/mol. The van der Waals surface area contributed by atoms with Crippen LogP contribution in [0.25, 0.3) is 0 Å². The van der Waals surface area contributed by atoms with Crippen molar-refractivity contribution in [3.63, 3.8) is 0 Å². The van der Waals surface area contributed by atoms with Crippen molar-refractivity contribution in [3.8, 4) is 0 Å². The third-order valence-electron chi connectivity index (χ3n) is 13.4. The maximum absolute atomic E-state index is 15.0. The minimum absolute atomic E-state index is 0.0242. The van der Waals surface area contributed by atoms with Gasteiger partial charge >= 0.3 is 0 Å². The van der Waals surface area contributed by atoms with Crippen LogP contribution in [0.3, 0.4) is 0 Å². The van der Waals surface area contributed by atoms with Gasteiger partial charge < -0.3 is 5.32 Å². The lowest BCUT2D eigenvalue weighted by molar-refractivity contribution is -0.189. The molecule has 2 bridgehead atoms. The highest BCUT2D eigenvalue weighted by atomic mass is 16.2. The lowest BCUT2D eigenvalue weighted by Gasteiger charge is -2.63. The fourth-order valence-corrected chi connectivity index (χ4v) is 11.2. The zero-order chi connectivity index (χ0) is 27.8. The second-order valence-corrected chi connectivity index (χ2v) is 15.4. The Morgan fingerprint density at radius 1 is 0.625 bits per heavy atom. The van der Waals surface area contributed by atoms with Gasteiger partial charge in [0.2, 0.25) is 17.7 Å². The monoisotopic (exact) mass is 552 g/mol. The van der Waals surface area contributed by atoms with Gasteiger partial charge in [0.05, 0.1) is 16.2 Å². The standard InChI is InChI=1S/C35H56N2O3/c1-25(26-14-6-2-7-15-26)36-30(38)33(27-16-8-3-9-17-27)22-34(28-18-10-4-11-19-28)24-35(23-33,32(40)37-31(34)39)29-20-12-5-13-21-29/h25-29H,2-24H2,1H3,(H,36,38)(H,37,39,40)/t25-,33?,34-,35+/m1/s1. The van der Waals surface area contributed by atoms with E-state index in [9.17, 15) is 9.59 Å². The Morgan fingerprint density at radius 3 is 1.48 bits per heavy atom. The van der Waals surface area contributed by atoms with E-state index in [1.807, 2.05) is 0 Å². The van der Waals surface area contributed by atoms with Crippen LogP contribution in [0.4, 0.5) is 0 Å². The van der Waals surface area contributed by atoms with E-state index >= 15 is 4.79 Å². The number of hydrogen-bond donors (Lipinski definition) is 2. The minimum Gasteiger partial charge on any atom is -0.353 e. The van der Waals surface area contributed by atoms with Gasteiger partial charge in [-0.2, -0.15) is 0 Å². The van der Waals surface area contributed by atoms with Crippen molar-refractivity contribution in [2.24, 2.45) is 39.9 Å². The summed E-state index contributed by atoms with van der Waals surface area (Å²) in [6, 6.07) is 0.163. The molecule has 6 rings (SSSR count). The molecular weight excluding hydrogens is 496 g/mol. The molecule has 6 fully saturated rings. The number of piperidine rings is 1. The van der Waals surface area contributed by atoms with E-state index in [1.54, 1.807) is 0 Å². The first-order valence-electron chi connectivity index (χ1n) is 17.6. The van der Waals surface area contributed by atoms with Gasteiger partial charge in [0, 0.05) is 6.04 Å². The topological polar surface area (TPSA) is 75.3 Å². The largest absolute Gasteiger partial charge is 0.353 e. The minimum atomic E-state index is -0.607. The smallest absolute Gasteiger partial charge is 0.233 e. The molecule has 5 aliphatic carbocycles. The summed E-state index contributed by atoms with van der Waals surface area (Å²) >= 11 is 0. The van der Waals surface area contributed by atoms with E-state index in [1.165, 1.54) is 89.9 Å². The van der Waals surface area contributed by atoms with Crippen LogP contribution in [-0.4, -0.2) is 23.8 Å². The van der Waals surface area contributed by atoms with E-state index in [4.69, 9.17) is 0 Å². The molecule has 1 unspecified atom stereocenters. The summed E-state index contributed by atoms with van der Waals surface area (Å²) in [6.07, 6.45) is 25.5.